The van der Waals surface area contributed by atoms with Crippen LogP contribution >= 0.6 is 0 Å². The van der Waals surface area contributed by atoms with Crippen molar-refractivity contribution in [3.05, 3.63) is 125 Å². The van der Waals surface area contributed by atoms with Crippen molar-refractivity contribution in [3.63, 3.8) is 0 Å². The average molecular weight is 1560 g/mol. The van der Waals surface area contributed by atoms with E-state index in [4.69, 9.17) is 0 Å². The predicted octanol–water partition coefficient (Wildman–Crippen LogP) is 36.9. The van der Waals surface area contributed by atoms with Crippen LogP contribution in [0.3, 0.4) is 0 Å². The molecule has 3 heteroatoms. The molecule has 0 bridgehead atoms. The molecule has 2 nitrogen and oxygen atoms in total. The maximum absolute atomic E-state index is 12.8. The van der Waals surface area contributed by atoms with Gasteiger partial charge in [0.1, 0.15) is 0 Å². The molecule has 1 aliphatic heterocycles. The fourth-order valence-corrected chi connectivity index (χ4v) is 15.8. The minimum Gasteiger partial charge on any atom is -0.493 e. The van der Waals surface area contributed by atoms with Crippen LogP contribution in [0, 0.1) is 13.8 Å². The summed E-state index contributed by atoms with van der Waals surface area (Å²) in [6, 6.07) is 14.5. The van der Waals surface area contributed by atoms with E-state index in [1.165, 1.54) is 443 Å². The molecule has 0 radical (unpaired) electrons. The quantitative estimate of drug-likeness (QED) is 0.0207. The van der Waals surface area contributed by atoms with Gasteiger partial charge in [-0.2, -0.15) is 12.8 Å². The fraction of sp³-hybridized carbons (Fsp3) is 0.786. The minimum atomic E-state index is 0. The summed E-state index contributed by atoms with van der Waals surface area (Å²) in [7, 11) is 0. The third-order valence-electron chi connectivity index (χ3n) is 22.9. The molecule has 106 heavy (non-hydrogen) atoms. The van der Waals surface area contributed by atoms with Crippen LogP contribution in [0.5, 0.6) is 0 Å². The molecule has 0 saturated carbocycles. The number of benzene rings is 2. The molecule has 0 aliphatic carbocycles. The molecule has 3 rings (SSSR count). The van der Waals surface area contributed by atoms with Gasteiger partial charge < -0.3 is 19.4 Å². The molecule has 616 valence electrons. The normalized spacial score (nSPS) is 12.3. The molecule has 0 aromatic heterocycles. The largest absolute Gasteiger partial charge is 2.00 e. The van der Waals surface area contributed by atoms with Crippen molar-refractivity contribution in [2.45, 2.75) is 524 Å². The molecule has 2 aromatic rings. The van der Waals surface area contributed by atoms with E-state index in [9.17, 15) is 5.53 Å². The van der Waals surface area contributed by atoms with E-state index in [1.54, 1.807) is 4.70 Å². The van der Waals surface area contributed by atoms with Crippen LogP contribution in [0.15, 0.2) is 71.8 Å². The molecule has 1 aliphatic rings. The van der Waals surface area contributed by atoms with E-state index in [0.717, 1.165) is 82.0 Å². The van der Waals surface area contributed by atoms with Gasteiger partial charge in [0.25, 0.3) is 0 Å². The Balaban J connectivity index is 0.00000410. The second kappa shape index (κ2) is 82.1. The zero-order valence-corrected chi connectivity index (χ0v) is 74.6. The van der Waals surface area contributed by atoms with Crippen LogP contribution in [0.4, 0.5) is 0 Å². The first-order chi connectivity index (χ1) is 51.8. The topological polar surface area (TPSA) is 25.3 Å². The smallest absolute Gasteiger partial charge is 0.493 e. The summed E-state index contributed by atoms with van der Waals surface area (Å²) >= 11 is 0. The van der Waals surface area contributed by atoms with Crippen LogP contribution < -0.4 is 0 Å². The van der Waals surface area contributed by atoms with Gasteiger partial charge >= 0.3 is 20.4 Å². The van der Waals surface area contributed by atoms with Crippen molar-refractivity contribution in [1.29, 1.82) is 0 Å². The van der Waals surface area contributed by atoms with E-state index in [0.29, 0.717) is 0 Å². The number of rotatable bonds is 75. The summed E-state index contributed by atoms with van der Waals surface area (Å²) in [6.45, 7) is 26.0. The number of nitrogens with zero attached hydrogens (tertiary/aromatic N) is 2. The Hall–Kier alpha value is -2.34. The van der Waals surface area contributed by atoms with Crippen molar-refractivity contribution in [2.24, 2.45) is 0 Å². The van der Waals surface area contributed by atoms with E-state index >= 15 is 0 Å². The van der Waals surface area contributed by atoms with Crippen molar-refractivity contribution in [1.82, 2.24) is 0 Å². The molecular weight excluding hydrogens is 1370 g/mol. The summed E-state index contributed by atoms with van der Waals surface area (Å²) in [4.78, 5) is 0. The van der Waals surface area contributed by atoms with Gasteiger partial charge in [-0.1, -0.05) is 463 Å². The number of aryl methyl sites for hydroxylation is 4. The molecule has 0 N–H and O–H groups in total. The van der Waals surface area contributed by atoms with Crippen molar-refractivity contribution in [2.75, 3.05) is 0 Å². The summed E-state index contributed by atoms with van der Waals surface area (Å²) in [6.07, 6.45) is 109. The van der Waals surface area contributed by atoms with Crippen molar-refractivity contribution in [3.8, 4) is 0 Å². The minimum absolute atomic E-state index is 0. The molecule has 0 saturated heterocycles. The van der Waals surface area contributed by atoms with Gasteiger partial charge in [-0.3, -0.25) is 0 Å². The summed E-state index contributed by atoms with van der Waals surface area (Å²) in [5.74, 6) is 0. The first-order valence-electron chi connectivity index (χ1n) is 47.9. The fourth-order valence-electron chi connectivity index (χ4n) is 15.8. The Bertz CT molecular complexity index is 2280. The predicted molar refractivity (Wildman–Crippen MR) is 478 cm³/mol. The molecule has 0 fully saturated rings. The zero-order chi connectivity index (χ0) is 76.0. The first kappa shape index (κ1) is 104. The van der Waals surface area contributed by atoms with Crippen LogP contribution in [-0.4, -0.2) is 4.70 Å². The molecular formula is C103H184N2Pd. The Morgan fingerprint density at radius 1 is 0.264 bits per heavy atom. The first-order valence-corrected chi connectivity index (χ1v) is 47.9. The second-order valence-corrected chi connectivity index (χ2v) is 33.1. The Kier molecular flexibility index (Phi) is 80.3. The molecule has 0 atom stereocenters. The Morgan fingerprint density at radius 3 is 0.755 bits per heavy atom. The molecule has 2 aromatic carbocycles. The number of hydrogen-bond acceptors (Lipinski definition) is 0. The van der Waals surface area contributed by atoms with E-state index in [-0.39, 0.29) is 20.4 Å². The van der Waals surface area contributed by atoms with Gasteiger partial charge in [0.2, 0.25) is 11.4 Å². The summed E-state index contributed by atoms with van der Waals surface area (Å²) in [5.41, 5.74) is 25.5. The molecule has 0 amide bonds. The van der Waals surface area contributed by atoms with Crippen LogP contribution in [0.2, 0.25) is 0 Å². The van der Waals surface area contributed by atoms with Crippen LogP contribution in [-0.2, 0) is 46.1 Å². The van der Waals surface area contributed by atoms with Crippen LogP contribution in [0.25, 0.3) is 16.9 Å². The summed E-state index contributed by atoms with van der Waals surface area (Å²) < 4.78 is 1.66. The van der Waals surface area contributed by atoms with E-state index in [1.807, 2.05) is 0 Å². The monoisotopic (exact) mass is 1560 g/mol. The molecule has 0 unspecified atom stereocenters. The zero-order valence-electron chi connectivity index (χ0n) is 73.0. The number of allylic oxidation sites excluding steroid dienone is 6. The van der Waals surface area contributed by atoms with E-state index < -0.39 is 0 Å². The van der Waals surface area contributed by atoms with Crippen LogP contribution in [0.1, 0.15) is 532 Å². The van der Waals surface area contributed by atoms with Crippen molar-refractivity contribution >= 4 is 11.4 Å². The Morgan fingerprint density at radius 2 is 0.491 bits per heavy atom. The SMILES string of the molecule is CCCCCCCCCCCCCCCCCCCCCCC=CCCc1ccc(CCCC)cc1C1=C(C)C(CCCC)=C(c2cc(CCCC)ccc2CCC=CCCCCCCCCCCCCCCCCCCCCCC)[N+]1=[N-].[CH2-]CCCCCCCCCC.[CH2-]CCCCCCCCCC.[Pd+2]. The maximum Gasteiger partial charge on any atom is 2.00 e. The second-order valence-electron chi connectivity index (χ2n) is 33.1. The van der Waals surface area contributed by atoms with E-state index in [2.05, 4.69) is 130 Å². The van der Waals surface area contributed by atoms with Crippen molar-refractivity contribution < 1.29 is 25.1 Å². The van der Waals surface area contributed by atoms with Gasteiger partial charge in [0, 0.05) is 22.3 Å². The van der Waals surface area contributed by atoms with Gasteiger partial charge in [0.05, 0.1) is 0 Å². The van der Waals surface area contributed by atoms with Gasteiger partial charge in [-0.05, 0) is 131 Å². The van der Waals surface area contributed by atoms with Gasteiger partial charge in [-0.25, -0.2) is 4.70 Å². The van der Waals surface area contributed by atoms with Gasteiger partial charge in [0.15, 0.2) is 0 Å². The number of unbranched alkanes of at least 4 members (excludes halogenated alkanes) is 59. The third kappa shape index (κ3) is 59.4. The molecule has 0 spiro atoms. The third-order valence-corrected chi connectivity index (χ3v) is 22.9. The Labute approximate surface area is 680 Å². The molecule has 1 heterocycles. The van der Waals surface area contributed by atoms with Gasteiger partial charge in [-0.15, -0.1) is 0 Å². The maximum atomic E-state index is 12.8. The number of hydrogen-bond donors (Lipinski definition) is 0. The average Bonchev–Trinajstić information content (AvgIpc) is 1.60. The standard InChI is InChI=1S/C81H138N2.2C11H23.Pd/c1-7-12-17-19-21-23-25-27-29-31-33-35-37-39-41-43-45-47-49-51-53-55-57-59-63-75-68-66-73(61-14-9-3)70-78(75)80-72(6)77(65-16-11-5)81(83(80)82)79-71-74(62-15-10-4)67-69-76(79)64-60-58-56-54-52-50-48-46-44-42-40-38-36-34-32-30-28-26-24-22-20-18-13-8-2;2*1-3-5-7-9-11-10-8-6-4-2;/h55-58,66-71H,7-54,59-65H2,1-6H3;2*1,3-11H2,2H3;/q;2*-1;+2. The summed E-state index contributed by atoms with van der Waals surface area (Å²) in [5, 5.41) is 0.